The summed E-state index contributed by atoms with van der Waals surface area (Å²) in [5.41, 5.74) is -0.930. The Balaban J connectivity index is 2.65. The van der Waals surface area contributed by atoms with E-state index in [0.29, 0.717) is 25.9 Å². The summed E-state index contributed by atoms with van der Waals surface area (Å²) in [4.78, 5) is 36.6. The highest BCUT2D eigenvalue weighted by Crippen LogP contribution is 2.38. The average molecular weight is 299 g/mol. The van der Waals surface area contributed by atoms with Crippen LogP contribution in [-0.2, 0) is 9.59 Å². The van der Waals surface area contributed by atoms with Crippen LogP contribution in [0, 0.1) is 5.41 Å². The van der Waals surface area contributed by atoms with Gasteiger partial charge in [-0.3, -0.25) is 9.59 Å². The van der Waals surface area contributed by atoms with E-state index in [4.69, 9.17) is 0 Å². The summed E-state index contributed by atoms with van der Waals surface area (Å²) in [6, 6.07) is -0.783. The Labute approximate surface area is 125 Å². The van der Waals surface area contributed by atoms with Crippen molar-refractivity contribution in [3.05, 3.63) is 0 Å². The summed E-state index contributed by atoms with van der Waals surface area (Å²) < 4.78 is 0. The third-order valence-electron chi connectivity index (χ3n) is 4.12. The molecule has 0 bridgehead atoms. The fraction of sp³-hybridized carbons (Fsp3) is 0.786. The molecule has 1 aliphatic rings. The maximum atomic E-state index is 12.2. The molecule has 1 saturated carbocycles. The highest BCUT2D eigenvalue weighted by molar-refractivity contribution is 5.84. The van der Waals surface area contributed by atoms with Crippen molar-refractivity contribution in [3.8, 4) is 0 Å². The van der Waals surface area contributed by atoms with Gasteiger partial charge in [0.2, 0.25) is 5.91 Å². The number of carbonyl (C=O) groups is 3. The van der Waals surface area contributed by atoms with Crippen molar-refractivity contribution in [2.45, 2.75) is 46.1 Å². The van der Waals surface area contributed by atoms with E-state index in [0.717, 1.165) is 6.42 Å². The molecule has 0 aromatic rings. The molecule has 1 aliphatic carbocycles. The molecule has 21 heavy (non-hydrogen) atoms. The lowest BCUT2D eigenvalue weighted by atomic mass is 9.85. The highest BCUT2D eigenvalue weighted by atomic mass is 16.4. The molecule has 7 heteroatoms. The van der Waals surface area contributed by atoms with Gasteiger partial charge in [0.25, 0.3) is 0 Å². The molecular formula is C14H25N3O4. The van der Waals surface area contributed by atoms with Gasteiger partial charge in [-0.25, -0.2) is 4.79 Å². The molecule has 2 atom stereocenters. The number of nitrogens with zero attached hydrogens (tertiary/aromatic N) is 1. The first-order valence-electron chi connectivity index (χ1n) is 7.40. The van der Waals surface area contributed by atoms with E-state index in [-0.39, 0.29) is 18.5 Å². The van der Waals surface area contributed by atoms with Crippen LogP contribution in [0.4, 0.5) is 4.79 Å². The minimum absolute atomic E-state index is 0.0212. The monoisotopic (exact) mass is 299 g/mol. The van der Waals surface area contributed by atoms with Crippen LogP contribution in [0.5, 0.6) is 0 Å². The normalized spacial score (nSPS) is 24.4. The number of carbonyl (C=O) groups excluding carboxylic acids is 2. The maximum absolute atomic E-state index is 12.2. The molecular weight excluding hydrogens is 274 g/mol. The van der Waals surface area contributed by atoms with Crippen LogP contribution in [0.1, 0.15) is 40.0 Å². The van der Waals surface area contributed by atoms with Crippen LogP contribution in [0.15, 0.2) is 0 Å². The van der Waals surface area contributed by atoms with E-state index < -0.39 is 17.4 Å². The third-order valence-corrected chi connectivity index (χ3v) is 4.12. The van der Waals surface area contributed by atoms with E-state index in [1.54, 1.807) is 13.8 Å². The van der Waals surface area contributed by atoms with Crippen molar-refractivity contribution in [2.75, 3.05) is 19.6 Å². The summed E-state index contributed by atoms with van der Waals surface area (Å²) >= 11 is 0. The van der Waals surface area contributed by atoms with Crippen LogP contribution in [-0.4, -0.2) is 53.6 Å². The SMILES string of the molecule is CCNC(=O)CN(CC)C(=O)NC1CCCC1(C)C(=O)O. The molecule has 120 valence electrons. The minimum atomic E-state index is -0.930. The van der Waals surface area contributed by atoms with E-state index >= 15 is 0 Å². The van der Waals surface area contributed by atoms with Gasteiger partial charge in [0.15, 0.2) is 0 Å². The first-order valence-corrected chi connectivity index (χ1v) is 7.40. The van der Waals surface area contributed by atoms with Gasteiger partial charge in [-0.15, -0.1) is 0 Å². The second-order valence-corrected chi connectivity index (χ2v) is 5.58. The Bertz CT molecular complexity index is 413. The molecule has 0 heterocycles. The van der Waals surface area contributed by atoms with Gasteiger partial charge < -0.3 is 20.6 Å². The zero-order valence-electron chi connectivity index (χ0n) is 12.9. The number of urea groups is 1. The summed E-state index contributed by atoms with van der Waals surface area (Å²) in [6.07, 6.45) is 1.97. The van der Waals surface area contributed by atoms with E-state index in [9.17, 15) is 19.5 Å². The number of hydrogen-bond donors (Lipinski definition) is 3. The number of amides is 3. The van der Waals surface area contributed by atoms with Crippen molar-refractivity contribution in [1.82, 2.24) is 15.5 Å². The first kappa shape index (κ1) is 17.3. The predicted octanol–water partition coefficient (Wildman–Crippen LogP) is 0.797. The Morgan fingerprint density at radius 2 is 2.00 bits per heavy atom. The smallest absolute Gasteiger partial charge is 0.318 e. The molecule has 2 unspecified atom stereocenters. The molecule has 0 aromatic heterocycles. The number of carboxylic acid groups (broad SMARTS) is 1. The summed E-state index contributed by atoms with van der Waals surface area (Å²) in [7, 11) is 0. The Hall–Kier alpha value is -1.79. The predicted molar refractivity (Wildman–Crippen MR) is 77.8 cm³/mol. The van der Waals surface area contributed by atoms with Gasteiger partial charge in [0.1, 0.15) is 6.54 Å². The highest BCUT2D eigenvalue weighted by Gasteiger charge is 2.46. The zero-order chi connectivity index (χ0) is 16.0. The second kappa shape index (κ2) is 7.28. The quantitative estimate of drug-likeness (QED) is 0.675. The molecule has 0 aromatic carbocycles. The average Bonchev–Trinajstić information content (AvgIpc) is 2.79. The van der Waals surface area contributed by atoms with Crippen molar-refractivity contribution >= 4 is 17.9 Å². The Morgan fingerprint density at radius 1 is 1.33 bits per heavy atom. The number of hydrogen-bond acceptors (Lipinski definition) is 3. The fourth-order valence-corrected chi connectivity index (χ4v) is 2.65. The van der Waals surface area contributed by atoms with Crippen LogP contribution in [0.3, 0.4) is 0 Å². The van der Waals surface area contributed by atoms with Gasteiger partial charge >= 0.3 is 12.0 Å². The number of nitrogens with one attached hydrogen (secondary N) is 2. The van der Waals surface area contributed by atoms with Crippen molar-refractivity contribution < 1.29 is 19.5 Å². The summed E-state index contributed by atoms with van der Waals surface area (Å²) in [5.74, 6) is -1.11. The van der Waals surface area contributed by atoms with Gasteiger partial charge in [-0.05, 0) is 33.6 Å². The third kappa shape index (κ3) is 4.09. The summed E-state index contributed by atoms with van der Waals surface area (Å²) in [6.45, 7) is 6.13. The first-order chi connectivity index (χ1) is 9.85. The van der Waals surface area contributed by atoms with Crippen molar-refractivity contribution in [2.24, 2.45) is 5.41 Å². The van der Waals surface area contributed by atoms with Crippen LogP contribution in [0.25, 0.3) is 0 Å². The van der Waals surface area contributed by atoms with Crippen LogP contribution < -0.4 is 10.6 Å². The number of likely N-dealkylation sites (N-methyl/N-ethyl adjacent to an activating group) is 2. The number of rotatable bonds is 6. The molecule has 7 nitrogen and oxygen atoms in total. The Kier molecular flexibility index (Phi) is 5.99. The lowest BCUT2D eigenvalue weighted by molar-refractivity contribution is -0.148. The van der Waals surface area contributed by atoms with E-state index in [1.165, 1.54) is 4.90 Å². The molecule has 0 spiro atoms. The van der Waals surface area contributed by atoms with Gasteiger partial charge in [0.05, 0.1) is 5.41 Å². The molecule has 1 rings (SSSR count). The van der Waals surface area contributed by atoms with Gasteiger partial charge in [-0.2, -0.15) is 0 Å². The van der Waals surface area contributed by atoms with Crippen molar-refractivity contribution in [1.29, 1.82) is 0 Å². The lowest BCUT2D eigenvalue weighted by Crippen LogP contribution is -2.53. The van der Waals surface area contributed by atoms with E-state index in [1.807, 2.05) is 6.92 Å². The molecule has 0 saturated heterocycles. The topological polar surface area (TPSA) is 98.7 Å². The number of aliphatic carboxylic acids is 1. The van der Waals surface area contributed by atoms with E-state index in [2.05, 4.69) is 10.6 Å². The largest absolute Gasteiger partial charge is 0.481 e. The maximum Gasteiger partial charge on any atom is 0.318 e. The standard InChI is InChI=1S/C14H25N3O4/c1-4-15-11(18)9-17(5-2)13(21)16-10-7-6-8-14(10,3)12(19)20/h10H,4-9H2,1-3H3,(H,15,18)(H,16,21)(H,19,20). The molecule has 0 radical (unpaired) electrons. The number of carboxylic acids is 1. The lowest BCUT2D eigenvalue weighted by Gasteiger charge is -2.30. The molecule has 1 fully saturated rings. The minimum Gasteiger partial charge on any atom is -0.481 e. The summed E-state index contributed by atoms with van der Waals surface area (Å²) in [5, 5.41) is 14.8. The zero-order valence-corrected chi connectivity index (χ0v) is 12.9. The van der Waals surface area contributed by atoms with Gasteiger partial charge in [0, 0.05) is 19.1 Å². The fourth-order valence-electron chi connectivity index (χ4n) is 2.65. The second-order valence-electron chi connectivity index (χ2n) is 5.58. The van der Waals surface area contributed by atoms with Crippen LogP contribution in [0.2, 0.25) is 0 Å². The van der Waals surface area contributed by atoms with Crippen molar-refractivity contribution in [3.63, 3.8) is 0 Å². The molecule has 0 aliphatic heterocycles. The van der Waals surface area contributed by atoms with Gasteiger partial charge in [-0.1, -0.05) is 6.42 Å². The Morgan fingerprint density at radius 3 is 2.52 bits per heavy atom. The van der Waals surface area contributed by atoms with Crippen LogP contribution >= 0.6 is 0 Å². The molecule has 3 amide bonds. The molecule has 3 N–H and O–H groups in total.